The van der Waals surface area contributed by atoms with Crippen molar-refractivity contribution in [2.24, 2.45) is 5.92 Å². The highest BCUT2D eigenvalue weighted by atomic mass is 19.1. The van der Waals surface area contributed by atoms with E-state index in [9.17, 15) is 14.0 Å². The molecule has 104 valence electrons. The Labute approximate surface area is 111 Å². The first-order chi connectivity index (χ1) is 8.97. The molecule has 0 fully saturated rings. The summed E-state index contributed by atoms with van der Waals surface area (Å²) in [5, 5.41) is 8.93. The van der Waals surface area contributed by atoms with Crippen molar-refractivity contribution < 1.29 is 19.1 Å². The number of benzene rings is 1. The molecule has 0 heterocycles. The van der Waals surface area contributed by atoms with Gasteiger partial charge in [-0.05, 0) is 18.6 Å². The molecule has 1 unspecified atom stereocenters. The quantitative estimate of drug-likeness (QED) is 0.862. The van der Waals surface area contributed by atoms with E-state index in [2.05, 4.69) is 0 Å². The molecule has 1 N–H and O–H groups in total. The topological polar surface area (TPSA) is 57.6 Å². The number of nitrogens with zero attached hydrogens (tertiary/aromatic N) is 1. The molecule has 1 amide bonds. The van der Waals surface area contributed by atoms with Crippen molar-refractivity contribution in [3.8, 4) is 0 Å². The van der Waals surface area contributed by atoms with Crippen LogP contribution >= 0.6 is 0 Å². The Morgan fingerprint density at radius 1 is 1.37 bits per heavy atom. The molecule has 0 saturated heterocycles. The summed E-state index contributed by atoms with van der Waals surface area (Å²) < 4.78 is 13.8. The minimum atomic E-state index is -1.01. The molecule has 1 atom stereocenters. The normalized spacial score (nSPS) is 11.9. The molecule has 0 spiro atoms. The fourth-order valence-electron chi connectivity index (χ4n) is 1.71. The number of amides is 1. The van der Waals surface area contributed by atoms with Gasteiger partial charge in [0.15, 0.2) is 0 Å². The number of carbonyl (C=O) groups excluding carboxylic acids is 1. The van der Waals surface area contributed by atoms with Gasteiger partial charge in [0.2, 0.25) is 5.91 Å². The predicted octanol–water partition coefficient (Wildman–Crippen LogP) is 2.68. The number of carboxylic acids is 1. The number of hydrogen-bond acceptors (Lipinski definition) is 2. The molecule has 0 saturated carbocycles. The molecule has 0 aliphatic rings. The van der Waals surface area contributed by atoms with E-state index in [1.165, 1.54) is 30.0 Å². The lowest BCUT2D eigenvalue weighted by molar-refractivity contribution is -0.140. The highest BCUT2D eigenvalue weighted by Gasteiger charge is 2.23. The van der Waals surface area contributed by atoms with Crippen molar-refractivity contribution in [1.82, 2.24) is 0 Å². The lowest BCUT2D eigenvalue weighted by atomic mass is 10.1. The van der Waals surface area contributed by atoms with Gasteiger partial charge in [-0.25, -0.2) is 4.39 Å². The molecule has 1 rings (SSSR count). The molecule has 1 aromatic carbocycles. The number of halogens is 1. The van der Waals surface area contributed by atoms with Gasteiger partial charge in [-0.3, -0.25) is 9.59 Å². The molecule has 0 radical (unpaired) electrons. The maximum absolute atomic E-state index is 13.8. The Morgan fingerprint density at radius 2 is 2.00 bits per heavy atom. The van der Waals surface area contributed by atoms with Crippen LogP contribution in [0, 0.1) is 11.7 Å². The van der Waals surface area contributed by atoms with Gasteiger partial charge in [-0.2, -0.15) is 0 Å². The summed E-state index contributed by atoms with van der Waals surface area (Å²) in [4.78, 5) is 24.1. The van der Waals surface area contributed by atoms with Gasteiger partial charge in [-0.1, -0.05) is 26.0 Å². The van der Waals surface area contributed by atoms with E-state index in [-0.39, 0.29) is 24.6 Å². The third-order valence-electron chi connectivity index (χ3n) is 2.79. The molecule has 5 heteroatoms. The molecular formula is C14H18FNO3. The average molecular weight is 267 g/mol. The standard InChI is InChI=1S/C14H18FNO3/c1-3-6-13(17)16(9-10(2)14(18)19)12-8-5-4-7-11(12)15/h4-5,7-8,10H,3,6,9H2,1-2H3,(H,18,19). The second kappa shape index (κ2) is 6.87. The van der Waals surface area contributed by atoms with Gasteiger partial charge in [0.25, 0.3) is 0 Å². The molecule has 0 aromatic heterocycles. The lowest BCUT2D eigenvalue weighted by Crippen LogP contribution is -2.37. The van der Waals surface area contributed by atoms with Crippen LogP contribution < -0.4 is 4.90 Å². The molecule has 0 aliphatic carbocycles. The van der Waals surface area contributed by atoms with Gasteiger partial charge in [0.1, 0.15) is 5.82 Å². The summed E-state index contributed by atoms with van der Waals surface area (Å²) in [6, 6.07) is 5.89. The lowest BCUT2D eigenvalue weighted by Gasteiger charge is -2.25. The fourth-order valence-corrected chi connectivity index (χ4v) is 1.71. The summed E-state index contributed by atoms with van der Waals surface area (Å²) in [5.74, 6) is -2.55. The summed E-state index contributed by atoms with van der Waals surface area (Å²) in [6.45, 7) is 3.31. The summed E-state index contributed by atoms with van der Waals surface area (Å²) in [7, 11) is 0. The number of aliphatic carboxylic acids is 1. The number of carboxylic acid groups (broad SMARTS) is 1. The number of hydrogen-bond donors (Lipinski definition) is 1. The van der Waals surface area contributed by atoms with Crippen molar-refractivity contribution in [2.45, 2.75) is 26.7 Å². The Bertz CT molecular complexity index is 462. The zero-order chi connectivity index (χ0) is 14.4. The number of para-hydroxylation sites is 1. The summed E-state index contributed by atoms with van der Waals surface area (Å²) in [5.41, 5.74) is 0.133. The van der Waals surface area contributed by atoms with E-state index in [4.69, 9.17) is 5.11 Å². The van der Waals surface area contributed by atoms with Crippen LogP contribution in [-0.2, 0) is 9.59 Å². The van der Waals surface area contributed by atoms with E-state index in [1.807, 2.05) is 6.92 Å². The summed E-state index contributed by atoms with van der Waals surface area (Å²) >= 11 is 0. The Kier molecular flexibility index (Phi) is 5.48. The van der Waals surface area contributed by atoms with Crippen LogP contribution in [0.25, 0.3) is 0 Å². The van der Waals surface area contributed by atoms with E-state index < -0.39 is 17.7 Å². The van der Waals surface area contributed by atoms with Crippen LogP contribution in [0.15, 0.2) is 24.3 Å². The maximum Gasteiger partial charge on any atom is 0.308 e. The second-order valence-electron chi connectivity index (χ2n) is 4.45. The van der Waals surface area contributed by atoms with Crippen LogP contribution in [0.2, 0.25) is 0 Å². The van der Waals surface area contributed by atoms with Crippen LogP contribution in [-0.4, -0.2) is 23.5 Å². The zero-order valence-corrected chi connectivity index (χ0v) is 11.1. The third kappa shape index (κ3) is 4.05. The van der Waals surface area contributed by atoms with Crippen molar-refractivity contribution in [2.75, 3.05) is 11.4 Å². The first-order valence-corrected chi connectivity index (χ1v) is 6.25. The average Bonchev–Trinajstić information content (AvgIpc) is 2.36. The first-order valence-electron chi connectivity index (χ1n) is 6.25. The SMILES string of the molecule is CCCC(=O)N(CC(C)C(=O)O)c1ccccc1F. The number of carbonyl (C=O) groups is 2. The predicted molar refractivity (Wildman–Crippen MR) is 70.5 cm³/mol. The van der Waals surface area contributed by atoms with Gasteiger partial charge < -0.3 is 10.0 Å². The first kappa shape index (κ1) is 15.1. The fraction of sp³-hybridized carbons (Fsp3) is 0.429. The molecular weight excluding hydrogens is 249 g/mol. The largest absolute Gasteiger partial charge is 0.481 e. The van der Waals surface area contributed by atoms with Crippen LogP contribution in [0.5, 0.6) is 0 Å². The molecule has 0 aliphatic heterocycles. The van der Waals surface area contributed by atoms with E-state index in [1.54, 1.807) is 6.07 Å². The van der Waals surface area contributed by atoms with E-state index in [0.717, 1.165) is 0 Å². The Hall–Kier alpha value is -1.91. The number of rotatable bonds is 6. The maximum atomic E-state index is 13.8. The minimum absolute atomic E-state index is 0.0326. The molecule has 4 nitrogen and oxygen atoms in total. The van der Waals surface area contributed by atoms with Crippen molar-refractivity contribution in [3.63, 3.8) is 0 Å². The van der Waals surface area contributed by atoms with Crippen LogP contribution in [0.3, 0.4) is 0 Å². The summed E-state index contributed by atoms with van der Waals surface area (Å²) in [6.07, 6.45) is 0.895. The molecule has 19 heavy (non-hydrogen) atoms. The van der Waals surface area contributed by atoms with Gasteiger partial charge in [-0.15, -0.1) is 0 Å². The Balaban J connectivity index is 3.02. The minimum Gasteiger partial charge on any atom is -0.481 e. The highest BCUT2D eigenvalue weighted by molar-refractivity contribution is 5.94. The molecule has 1 aromatic rings. The molecule has 0 bridgehead atoms. The van der Waals surface area contributed by atoms with E-state index in [0.29, 0.717) is 6.42 Å². The van der Waals surface area contributed by atoms with Crippen molar-refractivity contribution >= 4 is 17.6 Å². The second-order valence-corrected chi connectivity index (χ2v) is 4.45. The van der Waals surface area contributed by atoms with Crippen LogP contribution in [0.4, 0.5) is 10.1 Å². The van der Waals surface area contributed by atoms with Gasteiger partial charge in [0, 0.05) is 13.0 Å². The smallest absolute Gasteiger partial charge is 0.308 e. The highest BCUT2D eigenvalue weighted by Crippen LogP contribution is 2.21. The van der Waals surface area contributed by atoms with Gasteiger partial charge in [0.05, 0.1) is 11.6 Å². The van der Waals surface area contributed by atoms with Gasteiger partial charge >= 0.3 is 5.97 Å². The third-order valence-corrected chi connectivity index (χ3v) is 2.79. The van der Waals surface area contributed by atoms with Crippen molar-refractivity contribution in [3.05, 3.63) is 30.1 Å². The number of anilines is 1. The van der Waals surface area contributed by atoms with Crippen LogP contribution in [0.1, 0.15) is 26.7 Å². The monoisotopic (exact) mass is 267 g/mol. The van der Waals surface area contributed by atoms with Crippen molar-refractivity contribution in [1.29, 1.82) is 0 Å². The zero-order valence-electron chi connectivity index (χ0n) is 11.1. The Morgan fingerprint density at radius 3 is 2.53 bits per heavy atom. The van der Waals surface area contributed by atoms with E-state index >= 15 is 0 Å².